The van der Waals surface area contributed by atoms with E-state index in [1.807, 2.05) is 92.2 Å². The van der Waals surface area contributed by atoms with Crippen molar-refractivity contribution < 1.29 is 28.7 Å². The predicted octanol–water partition coefficient (Wildman–Crippen LogP) is 9.52. The molecule has 0 spiro atoms. The number of aldehydes is 1. The monoisotopic (exact) mass is 964 g/mol. The third kappa shape index (κ3) is 9.84. The van der Waals surface area contributed by atoms with Crippen molar-refractivity contribution in [3.63, 3.8) is 0 Å². The topological polar surface area (TPSA) is 205 Å². The Kier molecular flexibility index (Phi) is 14.5. The van der Waals surface area contributed by atoms with E-state index in [1.54, 1.807) is 6.20 Å². The molecule has 4 atom stereocenters. The van der Waals surface area contributed by atoms with Gasteiger partial charge in [0.15, 0.2) is 23.6 Å². The number of imidazole rings is 2. The summed E-state index contributed by atoms with van der Waals surface area (Å²) < 4.78 is 11.8. The van der Waals surface area contributed by atoms with Gasteiger partial charge in [-0.05, 0) is 85.1 Å². The molecule has 0 bridgehead atoms. The van der Waals surface area contributed by atoms with E-state index in [2.05, 4.69) is 49.4 Å². The highest BCUT2D eigenvalue weighted by molar-refractivity contribution is 5.86. The minimum absolute atomic E-state index is 0.127. The molecular formula is C54H65N11O6. The van der Waals surface area contributed by atoms with Crippen molar-refractivity contribution >= 4 is 24.4 Å². The zero-order valence-corrected chi connectivity index (χ0v) is 41.5. The van der Waals surface area contributed by atoms with Crippen LogP contribution in [0.2, 0.25) is 0 Å². The van der Waals surface area contributed by atoms with E-state index < -0.39 is 23.9 Å². The lowest BCUT2D eigenvalue weighted by Crippen LogP contribution is -2.64. The van der Waals surface area contributed by atoms with Crippen LogP contribution in [0, 0.1) is 11.8 Å². The minimum Gasteiger partial charge on any atom is -0.453 e. The van der Waals surface area contributed by atoms with Gasteiger partial charge in [-0.3, -0.25) is 24.4 Å². The summed E-state index contributed by atoms with van der Waals surface area (Å²) in [7, 11) is 2.59. The molecule has 0 unspecified atom stereocenters. The first-order valence-corrected chi connectivity index (χ1v) is 25.0. The highest BCUT2D eigenvalue weighted by Crippen LogP contribution is 2.40. The molecule has 5 heterocycles. The second-order valence-corrected chi connectivity index (χ2v) is 19.7. The van der Waals surface area contributed by atoms with Crippen LogP contribution in [0.25, 0.3) is 51.0 Å². The largest absolute Gasteiger partial charge is 0.453 e. The fourth-order valence-corrected chi connectivity index (χ4v) is 10.8. The summed E-state index contributed by atoms with van der Waals surface area (Å²) in [6.45, 7) is 8.82. The lowest BCUT2D eigenvalue weighted by Gasteiger charge is -2.43. The van der Waals surface area contributed by atoms with E-state index in [4.69, 9.17) is 29.6 Å². The van der Waals surface area contributed by atoms with Gasteiger partial charge in [-0.15, -0.1) is 10.2 Å². The Labute approximate surface area is 414 Å². The highest BCUT2D eigenvalue weighted by atomic mass is 16.5. The quantitative estimate of drug-likeness (QED) is 0.0713. The first-order valence-electron chi connectivity index (χ1n) is 25.0. The van der Waals surface area contributed by atoms with Gasteiger partial charge in [0.1, 0.15) is 17.7 Å². The maximum absolute atomic E-state index is 13.8. The molecule has 1 saturated carbocycles. The normalized spacial score (nSPS) is 18.9. The van der Waals surface area contributed by atoms with E-state index in [9.17, 15) is 19.2 Å². The number of amides is 3. The molecule has 17 nitrogen and oxygen atoms in total. The van der Waals surface area contributed by atoms with E-state index in [0.29, 0.717) is 36.5 Å². The number of aromatic nitrogens is 7. The lowest BCUT2D eigenvalue weighted by atomic mass is 9.84. The van der Waals surface area contributed by atoms with Crippen molar-refractivity contribution in [2.24, 2.45) is 11.8 Å². The van der Waals surface area contributed by atoms with Crippen LogP contribution in [0.1, 0.15) is 121 Å². The molecule has 9 rings (SSSR count). The van der Waals surface area contributed by atoms with Gasteiger partial charge in [-0.2, -0.15) is 0 Å². The van der Waals surface area contributed by atoms with E-state index in [1.165, 1.54) is 51.9 Å². The summed E-state index contributed by atoms with van der Waals surface area (Å²) in [5.74, 6) is 2.87. The Bertz CT molecular complexity index is 2810. The zero-order valence-electron chi connectivity index (χ0n) is 41.5. The first kappa shape index (κ1) is 48.9. The highest BCUT2D eigenvalue weighted by Gasteiger charge is 2.48. The smallest absolute Gasteiger partial charge is 0.408 e. The minimum atomic E-state index is -1.26. The van der Waals surface area contributed by atoms with Crippen molar-refractivity contribution in [1.29, 1.82) is 0 Å². The molecule has 6 aromatic rings. The van der Waals surface area contributed by atoms with Gasteiger partial charge in [0.25, 0.3) is 0 Å². The van der Waals surface area contributed by atoms with Gasteiger partial charge in [-0.25, -0.2) is 19.6 Å². The van der Waals surface area contributed by atoms with Crippen LogP contribution in [0.3, 0.4) is 0 Å². The number of hydrogen-bond acceptors (Lipinski definition) is 11. The average molecular weight is 964 g/mol. The maximum atomic E-state index is 13.8. The number of carbonyl (C=O) groups is 4. The molecule has 17 heteroatoms. The number of alkyl carbamates (subject to hydrolysis) is 2. The third-order valence-electron chi connectivity index (χ3n) is 14.8. The number of rotatable bonds is 15. The number of hydrogen-bond donors (Lipinski definition) is 4. The number of methoxy groups -OCH3 is 2. The van der Waals surface area contributed by atoms with Gasteiger partial charge in [0, 0.05) is 29.9 Å². The molecule has 2 aliphatic heterocycles. The summed E-state index contributed by atoms with van der Waals surface area (Å²) >= 11 is 0. The van der Waals surface area contributed by atoms with E-state index in [0.717, 1.165) is 77.1 Å². The molecule has 71 heavy (non-hydrogen) atoms. The van der Waals surface area contributed by atoms with Crippen molar-refractivity contribution in [3.05, 3.63) is 102 Å². The summed E-state index contributed by atoms with van der Waals surface area (Å²) in [6, 6.07) is 24.0. The molecule has 3 amide bonds. The fourth-order valence-electron chi connectivity index (χ4n) is 10.8. The van der Waals surface area contributed by atoms with Gasteiger partial charge >= 0.3 is 12.2 Å². The second kappa shape index (κ2) is 21.1. The van der Waals surface area contributed by atoms with Crippen LogP contribution in [0.4, 0.5) is 9.59 Å². The standard InChI is InChI=1S/C54H65N11O6/c1-33(2)46(59-52(68)70-5)51(67)63-28-10-14-44(63)47-55-30-42(57-47)37-16-20-39(21-17-37)49-61-62-50(65(49)41-26-24-36(25-27-41)35-12-8-7-9-13-35)40-22-18-38(19-23-40)43-31-56-48(58-43)45-15-11-29-64(45)54(32-66,34(3)4)60-53(69)71-6/h16-27,30-35,44-46H,7-15,28-29H2,1-6H3,(H,55,57)(H,56,58)(H,59,68)(H,60,69)/t44-,45-,46-,54+/m0/s1. The number of carbonyl (C=O) groups excluding carboxylic acids is 4. The Morgan fingerprint density at radius 3 is 1.75 bits per heavy atom. The molecule has 1 aliphatic carbocycles. The Balaban J connectivity index is 0.982. The zero-order chi connectivity index (χ0) is 49.8. The predicted molar refractivity (Wildman–Crippen MR) is 269 cm³/mol. The van der Waals surface area contributed by atoms with E-state index in [-0.39, 0.29) is 29.8 Å². The van der Waals surface area contributed by atoms with Gasteiger partial charge < -0.3 is 29.7 Å². The van der Waals surface area contributed by atoms with Gasteiger partial charge in [-0.1, -0.05) is 108 Å². The van der Waals surface area contributed by atoms with Crippen LogP contribution in [-0.2, 0) is 19.1 Å². The van der Waals surface area contributed by atoms with E-state index >= 15 is 0 Å². The van der Waals surface area contributed by atoms with Crippen LogP contribution in [0.15, 0.2) is 85.2 Å². The number of aromatic amines is 2. The Hall–Kier alpha value is -7.14. The summed E-state index contributed by atoms with van der Waals surface area (Å²) in [5, 5.41) is 15.2. The maximum Gasteiger partial charge on any atom is 0.408 e. The van der Waals surface area contributed by atoms with Crippen molar-refractivity contribution in [1.82, 2.24) is 55.1 Å². The summed E-state index contributed by atoms with van der Waals surface area (Å²) in [5.41, 5.74) is 6.33. The molecule has 3 fully saturated rings. The Morgan fingerprint density at radius 1 is 0.676 bits per heavy atom. The lowest BCUT2D eigenvalue weighted by molar-refractivity contribution is -0.135. The summed E-state index contributed by atoms with van der Waals surface area (Å²) in [6.07, 6.45) is 12.6. The Morgan fingerprint density at radius 2 is 1.21 bits per heavy atom. The number of nitrogens with one attached hydrogen (secondary N) is 4. The number of H-pyrrole nitrogens is 2. The molecule has 4 N–H and O–H groups in total. The fraction of sp³-hybridized carbons (Fsp3) is 0.444. The van der Waals surface area contributed by atoms with Gasteiger partial charge in [0.2, 0.25) is 5.91 Å². The van der Waals surface area contributed by atoms with Crippen molar-refractivity contribution in [3.8, 4) is 51.0 Å². The molecular weight excluding hydrogens is 899 g/mol. The van der Waals surface area contributed by atoms with Crippen molar-refractivity contribution in [2.75, 3.05) is 27.3 Å². The third-order valence-corrected chi connectivity index (χ3v) is 14.8. The van der Waals surface area contributed by atoms with Crippen molar-refractivity contribution in [2.45, 2.75) is 115 Å². The van der Waals surface area contributed by atoms with Crippen LogP contribution < -0.4 is 10.6 Å². The molecule has 2 saturated heterocycles. The van der Waals surface area contributed by atoms with Crippen LogP contribution >= 0.6 is 0 Å². The number of nitrogens with zero attached hydrogens (tertiary/aromatic N) is 7. The van der Waals surface area contributed by atoms with Gasteiger partial charge in [0.05, 0.1) is 50.1 Å². The SMILES string of the molecule is COC(=O)N[C@H](C(=O)N1CCC[C@H]1c1ncc(-c2ccc(-c3nnc(-c4ccc(-c5cnc([C@@H]6CCCN6[C@@](C=O)(NC(=O)OC)C(C)C)[nH]5)cc4)n3-c3ccc(C4CCCCC4)cc3)cc2)[nH]1)C(C)C. The molecule has 372 valence electrons. The van der Waals surface area contributed by atoms with Crippen LogP contribution in [0.5, 0.6) is 0 Å². The first-order chi connectivity index (χ1) is 34.4. The second-order valence-electron chi connectivity index (χ2n) is 19.7. The molecule has 0 radical (unpaired) electrons. The molecule has 3 aromatic heterocycles. The number of likely N-dealkylation sites (tertiary alicyclic amines) is 2. The molecule has 3 aliphatic rings. The van der Waals surface area contributed by atoms with Crippen LogP contribution in [-0.4, -0.2) is 108 Å². The number of benzene rings is 3. The number of ether oxygens (including phenoxy) is 2. The molecule has 3 aromatic carbocycles. The summed E-state index contributed by atoms with van der Waals surface area (Å²) in [4.78, 5) is 71.5. The average Bonchev–Trinajstić information content (AvgIpc) is 4.27.